The quantitative estimate of drug-likeness (QED) is 0.863. The van der Waals surface area contributed by atoms with Crippen molar-refractivity contribution in [3.05, 3.63) is 29.8 Å². The summed E-state index contributed by atoms with van der Waals surface area (Å²) >= 11 is 1.19. The average Bonchev–Trinajstić information content (AvgIpc) is 3.08. The summed E-state index contributed by atoms with van der Waals surface area (Å²) in [5, 5.41) is 8.70. The van der Waals surface area contributed by atoms with E-state index in [1.807, 2.05) is 0 Å². The van der Waals surface area contributed by atoms with E-state index in [1.54, 1.807) is 18.2 Å². The van der Waals surface area contributed by atoms with Crippen LogP contribution in [0.3, 0.4) is 0 Å². The number of thioether (sulfide) groups is 1. The molecule has 1 aromatic rings. The van der Waals surface area contributed by atoms with Crippen LogP contribution in [0.5, 0.6) is 0 Å². The van der Waals surface area contributed by atoms with Crippen LogP contribution in [-0.2, 0) is 9.59 Å². The summed E-state index contributed by atoms with van der Waals surface area (Å²) in [6.45, 7) is 0. The molecular formula is C16H17NO4S. The predicted molar refractivity (Wildman–Crippen MR) is 81.8 cm³/mol. The van der Waals surface area contributed by atoms with E-state index in [0.29, 0.717) is 4.90 Å². The normalized spacial score (nSPS) is 22.5. The molecule has 6 heteroatoms. The first-order valence-corrected chi connectivity index (χ1v) is 8.31. The van der Waals surface area contributed by atoms with E-state index < -0.39 is 11.2 Å². The first-order valence-electron chi connectivity index (χ1n) is 7.43. The highest BCUT2D eigenvalue weighted by Crippen LogP contribution is 2.36. The van der Waals surface area contributed by atoms with Crippen molar-refractivity contribution in [2.75, 3.05) is 0 Å². The highest BCUT2D eigenvalue weighted by molar-refractivity contribution is 8.00. The highest BCUT2D eigenvalue weighted by Gasteiger charge is 2.43. The van der Waals surface area contributed by atoms with Gasteiger partial charge in [-0.3, -0.25) is 14.5 Å². The first-order chi connectivity index (χ1) is 10.6. The van der Waals surface area contributed by atoms with Crippen molar-refractivity contribution in [2.45, 2.75) is 48.3 Å². The van der Waals surface area contributed by atoms with Crippen LogP contribution in [0.15, 0.2) is 29.2 Å². The number of hydrogen-bond acceptors (Lipinski definition) is 4. The number of hydrogen-bond donors (Lipinski definition) is 1. The fourth-order valence-electron chi connectivity index (χ4n) is 3.16. The summed E-state index contributed by atoms with van der Waals surface area (Å²) in [6.07, 6.45) is 4.05. The maximum absolute atomic E-state index is 12.5. The number of carbonyl (C=O) groups is 3. The number of likely N-dealkylation sites (tertiary alicyclic amines) is 1. The Hall–Kier alpha value is -1.82. The van der Waals surface area contributed by atoms with Gasteiger partial charge in [0, 0.05) is 17.4 Å². The molecule has 0 radical (unpaired) electrons. The van der Waals surface area contributed by atoms with Gasteiger partial charge in [-0.15, -0.1) is 11.8 Å². The Bertz CT molecular complexity index is 624. The van der Waals surface area contributed by atoms with Gasteiger partial charge in [0.1, 0.15) is 0 Å². The lowest BCUT2D eigenvalue weighted by molar-refractivity contribution is -0.140. The second kappa shape index (κ2) is 6.12. The van der Waals surface area contributed by atoms with Gasteiger partial charge in [0.15, 0.2) is 0 Å². The minimum absolute atomic E-state index is 0.0420. The van der Waals surface area contributed by atoms with Crippen molar-refractivity contribution in [1.29, 1.82) is 0 Å². The fourth-order valence-corrected chi connectivity index (χ4v) is 4.35. The summed E-state index contributed by atoms with van der Waals surface area (Å²) in [5.74, 6) is -1.31. The molecule has 2 fully saturated rings. The van der Waals surface area contributed by atoms with Crippen molar-refractivity contribution in [3.63, 3.8) is 0 Å². The molecule has 116 valence electrons. The maximum atomic E-state index is 12.5. The van der Waals surface area contributed by atoms with Gasteiger partial charge < -0.3 is 5.11 Å². The van der Waals surface area contributed by atoms with Crippen molar-refractivity contribution in [3.8, 4) is 0 Å². The third kappa shape index (κ3) is 2.75. The first kappa shape index (κ1) is 15.1. The van der Waals surface area contributed by atoms with Crippen LogP contribution in [-0.4, -0.2) is 39.1 Å². The van der Waals surface area contributed by atoms with Crippen molar-refractivity contribution < 1.29 is 19.5 Å². The van der Waals surface area contributed by atoms with Crippen molar-refractivity contribution in [1.82, 2.24) is 4.90 Å². The summed E-state index contributed by atoms with van der Waals surface area (Å²) < 4.78 is 0. The van der Waals surface area contributed by atoms with E-state index in [-0.39, 0.29) is 29.8 Å². The molecule has 1 aliphatic carbocycles. The van der Waals surface area contributed by atoms with Crippen LogP contribution < -0.4 is 0 Å². The van der Waals surface area contributed by atoms with E-state index in [1.165, 1.54) is 22.7 Å². The third-order valence-corrected chi connectivity index (χ3v) is 5.48. The third-order valence-electron chi connectivity index (χ3n) is 4.22. The molecule has 1 N–H and O–H groups in total. The van der Waals surface area contributed by atoms with Gasteiger partial charge in [-0.2, -0.15) is 0 Å². The zero-order chi connectivity index (χ0) is 15.7. The number of carbonyl (C=O) groups excluding carboxylic acids is 2. The summed E-state index contributed by atoms with van der Waals surface area (Å²) in [7, 11) is 0. The van der Waals surface area contributed by atoms with Crippen LogP contribution in [0.2, 0.25) is 0 Å². The van der Waals surface area contributed by atoms with Gasteiger partial charge in [-0.05, 0) is 25.0 Å². The molecule has 5 nitrogen and oxygen atoms in total. The molecule has 2 amide bonds. The number of imide groups is 1. The standard InChI is InChI=1S/C16H17NO4S/c18-14-9-13(15(19)17(14)10-5-1-2-6-10)22-12-8-4-3-7-11(12)16(20)21/h3-4,7-8,10,13H,1-2,5-6,9H2,(H,20,21)/t13-/m1/s1. The second-order valence-electron chi connectivity index (χ2n) is 5.65. The Morgan fingerprint density at radius 1 is 1.18 bits per heavy atom. The lowest BCUT2D eigenvalue weighted by atomic mass is 10.2. The molecule has 0 aromatic heterocycles. The molecule has 3 rings (SSSR count). The monoisotopic (exact) mass is 319 g/mol. The number of carboxylic acids is 1. The van der Waals surface area contributed by atoms with Crippen LogP contribution in [0, 0.1) is 0 Å². The Balaban J connectivity index is 1.78. The molecule has 2 aliphatic rings. The Morgan fingerprint density at radius 3 is 2.55 bits per heavy atom. The minimum Gasteiger partial charge on any atom is -0.478 e. The zero-order valence-electron chi connectivity index (χ0n) is 12.0. The van der Waals surface area contributed by atoms with Crippen LogP contribution >= 0.6 is 11.8 Å². The number of rotatable bonds is 4. The number of nitrogens with zero attached hydrogens (tertiary/aromatic N) is 1. The summed E-state index contributed by atoms with van der Waals surface area (Å²) in [5.41, 5.74) is 0.173. The lowest BCUT2D eigenvalue weighted by Crippen LogP contribution is -2.39. The van der Waals surface area contributed by atoms with Gasteiger partial charge in [0.2, 0.25) is 11.8 Å². The number of benzene rings is 1. The van der Waals surface area contributed by atoms with Gasteiger partial charge in [-0.25, -0.2) is 4.79 Å². The van der Waals surface area contributed by atoms with Gasteiger partial charge in [-0.1, -0.05) is 25.0 Å². The maximum Gasteiger partial charge on any atom is 0.336 e. The summed E-state index contributed by atoms with van der Waals surface area (Å²) in [6, 6.07) is 6.63. The van der Waals surface area contributed by atoms with Crippen molar-refractivity contribution in [2.24, 2.45) is 0 Å². The topological polar surface area (TPSA) is 74.7 Å². The molecule has 22 heavy (non-hydrogen) atoms. The van der Waals surface area contributed by atoms with Crippen LogP contribution in [0.4, 0.5) is 0 Å². The largest absolute Gasteiger partial charge is 0.478 e. The Kier molecular flexibility index (Phi) is 4.20. The van der Waals surface area contributed by atoms with Crippen LogP contribution in [0.25, 0.3) is 0 Å². The number of carboxylic acid groups (broad SMARTS) is 1. The van der Waals surface area contributed by atoms with E-state index in [2.05, 4.69) is 0 Å². The SMILES string of the molecule is O=C(O)c1ccccc1S[C@@H]1CC(=O)N(C2CCCC2)C1=O. The second-order valence-corrected chi connectivity index (χ2v) is 6.90. The van der Waals surface area contributed by atoms with E-state index in [4.69, 9.17) is 0 Å². The lowest BCUT2D eigenvalue weighted by Gasteiger charge is -2.22. The fraction of sp³-hybridized carbons (Fsp3) is 0.438. The summed E-state index contributed by atoms with van der Waals surface area (Å²) in [4.78, 5) is 37.9. The Labute approximate surface area is 132 Å². The molecular weight excluding hydrogens is 302 g/mol. The van der Waals surface area contributed by atoms with Gasteiger partial charge >= 0.3 is 5.97 Å². The molecule has 0 spiro atoms. The molecule has 0 bridgehead atoms. The average molecular weight is 319 g/mol. The van der Waals surface area contributed by atoms with Gasteiger partial charge in [0.25, 0.3) is 0 Å². The van der Waals surface area contributed by atoms with E-state index >= 15 is 0 Å². The minimum atomic E-state index is -1.02. The van der Waals surface area contributed by atoms with Crippen molar-refractivity contribution >= 4 is 29.5 Å². The Morgan fingerprint density at radius 2 is 1.86 bits per heavy atom. The van der Waals surface area contributed by atoms with Crippen LogP contribution in [0.1, 0.15) is 42.5 Å². The van der Waals surface area contributed by atoms with E-state index in [9.17, 15) is 19.5 Å². The van der Waals surface area contributed by atoms with E-state index in [0.717, 1.165) is 25.7 Å². The highest BCUT2D eigenvalue weighted by atomic mass is 32.2. The molecule has 1 saturated heterocycles. The molecule has 1 aromatic carbocycles. The predicted octanol–water partition coefficient (Wildman–Crippen LogP) is 2.55. The molecule has 0 unspecified atom stereocenters. The molecule has 1 atom stereocenters. The number of aromatic carboxylic acids is 1. The van der Waals surface area contributed by atoms with Gasteiger partial charge in [0.05, 0.1) is 10.8 Å². The molecule has 1 heterocycles. The smallest absolute Gasteiger partial charge is 0.336 e. The molecule has 1 aliphatic heterocycles. The molecule has 1 saturated carbocycles. The number of amides is 2. The zero-order valence-corrected chi connectivity index (χ0v) is 12.8.